The van der Waals surface area contributed by atoms with Gasteiger partial charge in [-0.1, -0.05) is 11.8 Å². The van der Waals surface area contributed by atoms with E-state index in [4.69, 9.17) is 0 Å². The maximum atomic E-state index is 4.30. The first kappa shape index (κ1) is 6.53. The third kappa shape index (κ3) is 1.66. The van der Waals surface area contributed by atoms with Crippen molar-refractivity contribution >= 4 is 16.9 Å². The molecule has 0 spiro atoms. The lowest BCUT2D eigenvalue weighted by atomic mass is 10.4. The molecular formula is C7H12N2S. The van der Waals surface area contributed by atoms with E-state index >= 15 is 0 Å². The van der Waals surface area contributed by atoms with Gasteiger partial charge < -0.3 is 5.32 Å². The minimum absolute atomic E-state index is 0.962. The van der Waals surface area contributed by atoms with Gasteiger partial charge in [-0.05, 0) is 18.8 Å². The van der Waals surface area contributed by atoms with Crippen molar-refractivity contribution in [2.45, 2.75) is 12.8 Å². The van der Waals surface area contributed by atoms with Crippen LogP contribution >= 0.6 is 11.8 Å². The van der Waals surface area contributed by atoms with E-state index in [1.54, 1.807) is 0 Å². The Labute approximate surface area is 65.5 Å². The van der Waals surface area contributed by atoms with E-state index in [0.717, 1.165) is 19.0 Å². The van der Waals surface area contributed by atoms with Gasteiger partial charge in [-0.2, -0.15) is 0 Å². The minimum Gasteiger partial charge on any atom is -0.365 e. The predicted octanol–water partition coefficient (Wildman–Crippen LogP) is 1.09. The molecule has 0 atom stereocenters. The van der Waals surface area contributed by atoms with E-state index in [2.05, 4.69) is 10.3 Å². The fourth-order valence-corrected chi connectivity index (χ4v) is 1.74. The van der Waals surface area contributed by atoms with Crippen LogP contribution in [0.1, 0.15) is 12.8 Å². The van der Waals surface area contributed by atoms with Crippen molar-refractivity contribution in [2.75, 3.05) is 18.8 Å². The molecule has 0 aromatic rings. The Kier molecular flexibility index (Phi) is 1.84. The van der Waals surface area contributed by atoms with E-state index in [-0.39, 0.29) is 0 Å². The monoisotopic (exact) mass is 156 g/mol. The van der Waals surface area contributed by atoms with E-state index in [1.807, 2.05) is 11.8 Å². The van der Waals surface area contributed by atoms with Crippen LogP contribution in [0.4, 0.5) is 0 Å². The highest BCUT2D eigenvalue weighted by Gasteiger charge is 2.21. The van der Waals surface area contributed by atoms with Crippen molar-refractivity contribution in [3.05, 3.63) is 0 Å². The summed E-state index contributed by atoms with van der Waals surface area (Å²) in [7, 11) is 0. The molecule has 0 amide bonds. The molecule has 1 N–H and O–H groups in total. The van der Waals surface area contributed by atoms with Gasteiger partial charge in [-0.3, -0.25) is 4.99 Å². The Bertz CT molecular complexity index is 152. The summed E-state index contributed by atoms with van der Waals surface area (Å²) in [4.78, 5) is 4.30. The highest BCUT2D eigenvalue weighted by molar-refractivity contribution is 8.14. The fourth-order valence-electron chi connectivity index (χ4n) is 0.996. The van der Waals surface area contributed by atoms with Gasteiger partial charge in [0.2, 0.25) is 0 Å². The van der Waals surface area contributed by atoms with Gasteiger partial charge in [0.05, 0.1) is 6.54 Å². The highest BCUT2D eigenvalue weighted by atomic mass is 32.2. The fraction of sp³-hybridized carbons (Fsp3) is 0.857. The van der Waals surface area contributed by atoms with Crippen LogP contribution in [-0.4, -0.2) is 24.0 Å². The molecule has 56 valence electrons. The number of thioether (sulfide) groups is 1. The Balaban J connectivity index is 1.68. The molecule has 0 aromatic carbocycles. The van der Waals surface area contributed by atoms with Gasteiger partial charge in [0, 0.05) is 12.3 Å². The Morgan fingerprint density at radius 2 is 2.50 bits per heavy atom. The molecule has 0 radical (unpaired) electrons. The standard InChI is InChI=1S/C7H12N2S/c1-2-6(1)5-9-7-8-3-4-10-7/h6H,1-5H2,(H,8,9). The SMILES string of the molecule is C1CSC(NCC2CC2)=N1. The zero-order chi connectivity index (χ0) is 6.81. The van der Waals surface area contributed by atoms with E-state index in [1.165, 1.54) is 23.8 Å². The summed E-state index contributed by atoms with van der Waals surface area (Å²) in [5, 5.41) is 4.53. The number of hydrogen-bond donors (Lipinski definition) is 1. The smallest absolute Gasteiger partial charge is 0.156 e. The first-order valence-electron chi connectivity index (χ1n) is 3.86. The lowest BCUT2D eigenvalue weighted by Gasteiger charge is -2.01. The van der Waals surface area contributed by atoms with Crippen molar-refractivity contribution < 1.29 is 0 Å². The van der Waals surface area contributed by atoms with Gasteiger partial charge in [-0.15, -0.1) is 0 Å². The Morgan fingerprint density at radius 3 is 3.10 bits per heavy atom. The quantitative estimate of drug-likeness (QED) is 0.647. The summed E-state index contributed by atoms with van der Waals surface area (Å²) in [6.45, 7) is 2.17. The van der Waals surface area contributed by atoms with Crippen molar-refractivity contribution in [1.82, 2.24) is 5.32 Å². The number of amidine groups is 1. The minimum atomic E-state index is 0.962. The van der Waals surface area contributed by atoms with Crippen LogP contribution in [0.25, 0.3) is 0 Å². The molecule has 1 fully saturated rings. The third-order valence-corrected chi connectivity index (χ3v) is 2.76. The van der Waals surface area contributed by atoms with Gasteiger partial charge >= 0.3 is 0 Å². The summed E-state index contributed by atoms with van der Waals surface area (Å²) in [5.41, 5.74) is 0. The lowest BCUT2D eigenvalue weighted by molar-refractivity contribution is 0.777. The Morgan fingerprint density at radius 1 is 1.60 bits per heavy atom. The van der Waals surface area contributed by atoms with Crippen LogP contribution in [0.15, 0.2) is 4.99 Å². The van der Waals surface area contributed by atoms with Crippen LogP contribution < -0.4 is 5.32 Å². The first-order valence-corrected chi connectivity index (χ1v) is 4.85. The van der Waals surface area contributed by atoms with Gasteiger partial charge in [-0.25, -0.2) is 0 Å². The number of nitrogens with zero attached hydrogens (tertiary/aromatic N) is 1. The van der Waals surface area contributed by atoms with Crippen molar-refractivity contribution in [1.29, 1.82) is 0 Å². The summed E-state index contributed by atoms with van der Waals surface area (Å²) in [6, 6.07) is 0. The molecule has 2 nitrogen and oxygen atoms in total. The number of aliphatic imine (C=N–C) groups is 1. The zero-order valence-electron chi connectivity index (χ0n) is 5.97. The van der Waals surface area contributed by atoms with Gasteiger partial charge in [0.15, 0.2) is 5.17 Å². The molecule has 1 heterocycles. The molecule has 0 saturated heterocycles. The molecule has 2 aliphatic rings. The molecule has 0 bridgehead atoms. The summed E-state index contributed by atoms with van der Waals surface area (Å²) < 4.78 is 0. The van der Waals surface area contributed by atoms with Crippen LogP contribution in [-0.2, 0) is 0 Å². The highest BCUT2D eigenvalue weighted by Crippen LogP contribution is 2.27. The average Bonchev–Trinajstić information content (AvgIpc) is 2.63. The molecule has 3 heteroatoms. The molecule has 1 aliphatic carbocycles. The maximum Gasteiger partial charge on any atom is 0.156 e. The number of rotatable bonds is 2. The molecule has 0 aromatic heterocycles. The Hall–Kier alpha value is -0.180. The number of hydrogen-bond acceptors (Lipinski definition) is 3. The maximum absolute atomic E-state index is 4.30. The lowest BCUT2D eigenvalue weighted by Crippen LogP contribution is -2.21. The second kappa shape index (κ2) is 2.82. The van der Waals surface area contributed by atoms with Crippen LogP contribution in [0.3, 0.4) is 0 Å². The molecule has 10 heavy (non-hydrogen) atoms. The van der Waals surface area contributed by atoms with Crippen LogP contribution in [0.5, 0.6) is 0 Å². The normalized spacial score (nSPS) is 24.6. The van der Waals surface area contributed by atoms with Crippen LogP contribution in [0.2, 0.25) is 0 Å². The largest absolute Gasteiger partial charge is 0.365 e. The summed E-state index contributed by atoms with van der Waals surface area (Å²) in [5.74, 6) is 2.14. The second-order valence-electron chi connectivity index (χ2n) is 2.86. The topological polar surface area (TPSA) is 24.4 Å². The third-order valence-electron chi connectivity index (χ3n) is 1.82. The van der Waals surface area contributed by atoms with Gasteiger partial charge in [0.1, 0.15) is 0 Å². The zero-order valence-corrected chi connectivity index (χ0v) is 6.78. The molecule has 1 saturated carbocycles. The van der Waals surface area contributed by atoms with E-state index < -0.39 is 0 Å². The number of nitrogens with one attached hydrogen (secondary N) is 1. The van der Waals surface area contributed by atoms with Crippen molar-refractivity contribution in [3.8, 4) is 0 Å². The van der Waals surface area contributed by atoms with E-state index in [0.29, 0.717) is 0 Å². The van der Waals surface area contributed by atoms with E-state index in [9.17, 15) is 0 Å². The summed E-state index contributed by atoms with van der Waals surface area (Å²) >= 11 is 1.85. The predicted molar refractivity (Wildman–Crippen MR) is 45.5 cm³/mol. The van der Waals surface area contributed by atoms with Gasteiger partial charge in [0.25, 0.3) is 0 Å². The molecule has 1 aliphatic heterocycles. The van der Waals surface area contributed by atoms with Crippen molar-refractivity contribution in [2.24, 2.45) is 10.9 Å². The second-order valence-corrected chi connectivity index (χ2v) is 3.94. The van der Waals surface area contributed by atoms with Crippen LogP contribution in [0, 0.1) is 5.92 Å². The van der Waals surface area contributed by atoms with Crippen molar-refractivity contribution in [3.63, 3.8) is 0 Å². The summed E-state index contributed by atoms with van der Waals surface area (Å²) in [6.07, 6.45) is 2.84. The molecular weight excluding hydrogens is 144 g/mol. The molecule has 2 rings (SSSR count). The molecule has 0 unspecified atom stereocenters. The average molecular weight is 156 g/mol. The first-order chi connectivity index (χ1) is 4.95.